The van der Waals surface area contributed by atoms with Gasteiger partial charge in [0.1, 0.15) is 5.82 Å². The summed E-state index contributed by atoms with van der Waals surface area (Å²) in [6, 6.07) is 13.5. The molecule has 0 spiro atoms. The van der Waals surface area contributed by atoms with Crippen LogP contribution in [0.25, 0.3) is 10.9 Å². The minimum Gasteiger partial charge on any atom is -0.341 e. The topological polar surface area (TPSA) is 55.2 Å². The SMILES string of the molecule is CC(C)n1c(SCC(=O)N(C)Cc2ccccc2F)nc2ccccc2c1=O. The molecule has 0 aliphatic heterocycles. The van der Waals surface area contributed by atoms with Gasteiger partial charge in [-0.2, -0.15) is 0 Å². The Hall–Kier alpha value is -2.67. The molecule has 2 aromatic carbocycles. The van der Waals surface area contributed by atoms with Crippen LogP contribution in [0.5, 0.6) is 0 Å². The van der Waals surface area contributed by atoms with Crippen LogP contribution < -0.4 is 5.56 Å². The van der Waals surface area contributed by atoms with Crippen molar-refractivity contribution in [1.82, 2.24) is 14.5 Å². The van der Waals surface area contributed by atoms with E-state index >= 15 is 0 Å². The molecule has 1 heterocycles. The number of aromatic nitrogens is 2. The van der Waals surface area contributed by atoms with Gasteiger partial charge < -0.3 is 4.90 Å². The summed E-state index contributed by atoms with van der Waals surface area (Å²) in [5, 5.41) is 1.06. The number of hydrogen-bond acceptors (Lipinski definition) is 4. The van der Waals surface area contributed by atoms with Crippen LogP contribution in [0.4, 0.5) is 4.39 Å². The van der Waals surface area contributed by atoms with Gasteiger partial charge in [-0.25, -0.2) is 9.37 Å². The molecule has 1 aromatic heterocycles. The van der Waals surface area contributed by atoms with Crippen LogP contribution in [-0.2, 0) is 11.3 Å². The Kier molecular flexibility index (Phi) is 6.14. The average Bonchev–Trinajstić information content (AvgIpc) is 2.67. The first-order chi connectivity index (χ1) is 13.4. The lowest BCUT2D eigenvalue weighted by atomic mass is 10.2. The summed E-state index contributed by atoms with van der Waals surface area (Å²) in [6.45, 7) is 4.01. The third kappa shape index (κ3) is 4.25. The molecule has 0 unspecified atom stereocenters. The summed E-state index contributed by atoms with van der Waals surface area (Å²) in [4.78, 5) is 31.4. The number of carbonyl (C=O) groups excluding carboxylic acids is 1. The van der Waals surface area contributed by atoms with Gasteiger partial charge in [-0.05, 0) is 32.0 Å². The first-order valence-electron chi connectivity index (χ1n) is 9.00. The number of hydrogen-bond donors (Lipinski definition) is 0. The lowest BCUT2D eigenvalue weighted by Gasteiger charge is -2.19. The van der Waals surface area contributed by atoms with E-state index in [0.29, 0.717) is 21.6 Å². The van der Waals surface area contributed by atoms with Crippen molar-refractivity contribution in [3.05, 3.63) is 70.3 Å². The van der Waals surface area contributed by atoms with Crippen molar-refractivity contribution in [2.24, 2.45) is 0 Å². The van der Waals surface area contributed by atoms with Crippen molar-refractivity contribution in [3.63, 3.8) is 0 Å². The third-order valence-electron chi connectivity index (χ3n) is 4.41. The Labute approximate surface area is 167 Å². The molecule has 5 nitrogen and oxygen atoms in total. The van der Waals surface area contributed by atoms with Gasteiger partial charge in [-0.15, -0.1) is 0 Å². The standard InChI is InChI=1S/C21H22FN3O2S/c1-14(2)25-20(27)16-9-5-7-11-18(16)23-21(25)28-13-19(26)24(3)12-15-8-4-6-10-17(15)22/h4-11,14H,12-13H2,1-3H3. The van der Waals surface area contributed by atoms with E-state index in [0.717, 1.165) is 0 Å². The van der Waals surface area contributed by atoms with Gasteiger partial charge in [0.25, 0.3) is 5.56 Å². The van der Waals surface area contributed by atoms with Gasteiger partial charge in [-0.3, -0.25) is 14.2 Å². The largest absolute Gasteiger partial charge is 0.341 e. The zero-order valence-corrected chi connectivity index (χ0v) is 16.9. The number of thioether (sulfide) groups is 1. The number of halogens is 1. The number of amides is 1. The summed E-state index contributed by atoms with van der Waals surface area (Å²) in [5.41, 5.74) is 0.959. The predicted octanol–water partition coefficient (Wildman–Crippen LogP) is 3.87. The first-order valence-corrected chi connectivity index (χ1v) is 9.98. The van der Waals surface area contributed by atoms with Crippen LogP contribution in [0.3, 0.4) is 0 Å². The van der Waals surface area contributed by atoms with Crippen LogP contribution in [0.2, 0.25) is 0 Å². The first kappa shape index (κ1) is 20.1. The lowest BCUT2D eigenvalue weighted by Crippen LogP contribution is -2.29. The van der Waals surface area contributed by atoms with Crippen LogP contribution in [0.15, 0.2) is 58.5 Å². The van der Waals surface area contributed by atoms with Gasteiger partial charge >= 0.3 is 0 Å². The Bertz CT molecular complexity index is 1060. The average molecular weight is 399 g/mol. The summed E-state index contributed by atoms with van der Waals surface area (Å²) >= 11 is 1.22. The van der Waals surface area contributed by atoms with E-state index in [-0.39, 0.29) is 35.6 Å². The highest BCUT2D eigenvalue weighted by Crippen LogP contribution is 2.21. The maximum atomic E-state index is 13.8. The van der Waals surface area contributed by atoms with E-state index < -0.39 is 0 Å². The molecule has 1 amide bonds. The van der Waals surface area contributed by atoms with Gasteiger partial charge in [-0.1, -0.05) is 42.1 Å². The van der Waals surface area contributed by atoms with Crippen LogP contribution in [0.1, 0.15) is 25.5 Å². The zero-order chi connectivity index (χ0) is 20.3. The second-order valence-corrected chi connectivity index (χ2v) is 7.75. The van der Waals surface area contributed by atoms with Crippen molar-refractivity contribution in [2.75, 3.05) is 12.8 Å². The number of benzene rings is 2. The minimum absolute atomic E-state index is 0.0849. The number of para-hydroxylation sites is 1. The Morgan fingerprint density at radius 3 is 2.57 bits per heavy atom. The summed E-state index contributed by atoms with van der Waals surface area (Å²) in [6.07, 6.45) is 0. The van der Waals surface area contributed by atoms with Crippen molar-refractivity contribution in [3.8, 4) is 0 Å². The van der Waals surface area contributed by atoms with E-state index in [2.05, 4.69) is 4.98 Å². The highest BCUT2D eigenvalue weighted by Gasteiger charge is 2.17. The van der Waals surface area contributed by atoms with Crippen LogP contribution in [-0.4, -0.2) is 33.2 Å². The molecule has 7 heteroatoms. The molecule has 0 aliphatic rings. The molecule has 0 saturated carbocycles. The number of carbonyl (C=O) groups is 1. The van der Waals surface area contributed by atoms with Crippen molar-refractivity contribution >= 4 is 28.6 Å². The fraction of sp³-hybridized carbons (Fsp3) is 0.286. The lowest BCUT2D eigenvalue weighted by molar-refractivity contribution is -0.127. The molecule has 0 fully saturated rings. The molecule has 0 radical (unpaired) electrons. The zero-order valence-electron chi connectivity index (χ0n) is 16.1. The highest BCUT2D eigenvalue weighted by molar-refractivity contribution is 7.99. The second kappa shape index (κ2) is 8.56. The number of rotatable bonds is 6. The molecular formula is C21H22FN3O2S. The monoisotopic (exact) mass is 399 g/mol. The van der Waals surface area contributed by atoms with Crippen molar-refractivity contribution in [2.45, 2.75) is 31.6 Å². The quantitative estimate of drug-likeness (QED) is 0.466. The van der Waals surface area contributed by atoms with E-state index in [9.17, 15) is 14.0 Å². The summed E-state index contributed by atoms with van der Waals surface area (Å²) in [7, 11) is 1.64. The summed E-state index contributed by atoms with van der Waals surface area (Å²) < 4.78 is 15.4. The van der Waals surface area contributed by atoms with Gasteiger partial charge in [0.05, 0.1) is 16.7 Å². The molecule has 0 N–H and O–H groups in total. The molecule has 146 valence electrons. The smallest absolute Gasteiger partial charge is 0.262 e. The second-order valence-electron chi connectivity index (χ2n) is 6.81. The molecule has 3 rings (SSSR count). The number of nitrogens with zero attached hydrogens (tertiary/aromatic N) is 3. The third-order valence-corrected chi connectivity index (χ3v) is 5.35. The Morgan fingerprint density at radius 2 is 1.86 bits per heavy atom. The summed E-state index contributed by atoms with van der Waals surface area (Å²) in [5.74, 6) is -0.381. The maximum Gasteiger partial charge on any atom is 0.262 e. The van der Waals surface area contributed by atoms with E-state index in [1.807, 2.05) is 26.0 Å². The molecule has 0 aliphatic carbocycles. The molecular weight excluding hydrogens is 377 g/mol. The molecule has 0 saturated heterocycles. The van der Waals surface area contributed by atoms with E-state index in [1.54, 1.807) is 41.9 Å². The Morgan fingerprint density at radius 1 is 1.18 bits per heavy atom. The van der Waals surface area contributed by atoms with Crippen molar-refractivity contribution in [1.29, 1.82) is 0 Å². The van der Waals surface area contributed by atoms with Crippen LogP contribution >= 0.6 is 11.8 Å². The Balaban J connectivity index is 1.79. The minimum atomic E-state index is -0.334. The van der Waals surface area contributed by atoms with Crippen molar-refractivity contribution < 1.29 is 9.18 Å². The number of fused-ring (bicyclic) bond motifs is 1. The van der Waals surface area contributed by atoms with Crippen LogP contribution in [0, 0.1) is 5.82 Å². The molecule has 3 aromatic rings. The van der Waals surface area contributed by atoms with Gasteiger partial charge in [0, 0.05) is 25.2 Å². The van der Waals surface area contributed by atoms with Gasteiger partial charge in [0.2, 0.25) is 5.91 Å². The molecule has 28 heavy (non-hydrogen) atoms. The van der Waals surface area contributed by atoms with E-state index in [1.165, 1.54) is 22.7 Å². The van der Waals surface area contributed by atoms with Gasteiger partial charge in [0.15, 0.2) is 5.16 Å². The fourth-order valence-electron chi connectivity index (χ4n) is 2.89. The molecule has 0 atom stereocenters. The highest BCUT2D eigenvalue weighted by atomic mass is 32.2. The molecule has 0 bridgehead atoms. The van der Waals surface area contributed by atoms with E-state index in [4.69, 9.17) is 0 Å². The fourth-order valence-corrected chi connectivity index (χ4v) is 3.96. The normalized spacial score (nSPS) is 11.2. The maximum absolute atomic E-state index is 13.8. The predicted molar refractivity (Wildman–Crippen MR) is 110 cm³/mol.